The van der Waals surface area contributed by atoms with Crippen LogP contribution in [0.3, 0.4) is 0 Å². The van der Waals surface area contributed by atoms with Crippen LogP contribution in [0.1, 0.15) is 15.9 Å². The Morgan fingerprint density at radius 2 is 1.91 bits per heavy atom. The molecule has 1 aromatic carbocycles. The first-order chi connectivity index (χ1) is 10.6. The second-order valence-corrected chi connectivity index (χ2v) is 5.33. The normalized spacial score (nSPS) is 16.2. The molecule has 2 aromatic rings. The second-order valence-electron chi connectivity index (χ2n) is 4.55. The van der Waals surface area contributed by atoms with Crippen LogP contribution < -0.4 is 10.4 Å². The van der Waals surface area contributed by atoms with Gasteiger partial charge < -0.3 is 5.11 Å². The van der Waals surface area contributed by atoms with Crippen LogP contribution in [-0.4, -0.2) is 22.9 Å². The van der Waals surface area contributed by atoms with Crippen molar-refractivity contribution in [2.45, 2.75) is 0 Å². The lowest BCUT2D eigenvalue weighted by Gasteiger charge is -2.14. The smallest absolute Gasteiger partial charge is 0.335 e. The third-order valence-electron chi connectivity index (χ3n) is 3.12. The quantitative estimate of drug-likeness (QED) is 0.669. The first kappa shape index (κ1) is 14.0. The van der Waals surface area contributed by atoms with Gasteiger partial charge in [0.1, 0.15) is 5.57 Å². The zero-order valence-electron chi connectivity index (χ0n) is 11.1. The Kier molecular flexibility index (Phi) is 3.48. The van der Waals surface area contributed by atoms with E-state index in [9.17, 15) is 14.4 Å². The Morgan fingerprint density at radius 1 is 1.18 bits per heavy atom. The maximum atomic E-state index is 12.3. The van der Waals surface area contributed by atoms with Crippen molar-refractivity contribution in [3.63, 3.8) is 0 Å². The summed E-state index contributed by atoms with van der Waals surface area (Å²) in [5.41, 5.74) is 3.80. The fraction of sp³-hybridized carbons (Fsp3) is 0. The van der Waals surface area contributed by atoms with E-state index in [0.29, 0.717) is 5.69 Å². The third-order valence-corrected chi connectivity index (χ3v) is 3.82. The number of carbonyl (C=O) groups is 3. The molecule has 22 heavy (non-hydrogen) atoms. The van der Waals surface area contributed by atoms with E-state index >= 15 is 0 Å². The van der Waals surface area contributed by atoms with Gasteiger partial charge in [-0.1, -0.05) is 0 Å². The van der Waals surface area contributed by atoms with Gasteiger partial charge in [-0.25, -0.2) is 9.80 Å². The summed E-state index contributed by atoms with van der Waals surface area (Å²) in [6, 6.07) is 7.49. The van der Waals surface area contributed by atoms with E-state index in [1.54, 1.807) is 0 Å². The van der Waals surface area contributed by atoms with Crippen molar-refractivity contribution < 1.29 is 19.5 Å². The Balaban J connectivity index is 1.89. The molecule has 1 fully saturated rings. The number of nitrogens with zero attached hydrogens (tertiary/aromatic N) is 1. The first-order valence-corrected chi connectivity index (χ1v) is 7.23. The number of thiophene rings is 1. The number of hydrazine groups is 1. The molecule has 2 N–H and O–H groups in total. The maximum absolute atomic E-state index is 12.3. The third kappa shape index (κ3) is 2.49. The summed E-state index contributed by atoms with van der Waals surface area (Å²) >= 11 is 1.47. The first-order valence-electron chi connectivity index (χ1n) is 6.29. The highest BCUT2D eigenvalue weighted by Crippen LogP contribution is 2.22. The van der Waals surface area contributed by atoms with Crippen LogP contribution in [0, 0.1) is 0 Å². The van der Waals surface area contributed by atoms with Crippen LogP contribution in [-0.2, 0) is 9.59 Å². The molecule has 0 radical (unpaired) electrons. The zero-order valence-corrected chi connectivity index (χ0v) is 12.0. The van der Waals surface area contributed by atoms with Crippen molar-refractivity contribution in [2.75, 3.05) is 5.01 Å². The van der Waals surface area contributed by atoms with E-state index < -0.39 is 17.8 Å². The lowest BCUT2D eigenvalue weighted by Crippen LogP contribution is -2.35. The summed E-state index contributed by atoms with van der Waals surface area (Å²) in [6.07, 6.45) is 1.53. The molecule has 1 aliphatic rings. The second kappa shape index (κ2) is 5.45. The number of hydrogen-bond acceptors (Lipinski definition) is 4. The Hall–Kier alpha value is -2.93. The molecule has 0 unspecified atom stereocenters. The highest BCUT2D eigenvalue weighted by atomic mass is 32.1. The molecule has 110 valence electrons. The fourth-order valence-corrected chi connectivity index (χ4v) is 2.63. The lowest BCUT2D eigenvalue weighted by molar-refractivity contribution is -0.117. The zero-order chi connectivity index (χ0) is 15.7. The molecule has 7 heteroatoms. The summed E-state index contributed by atoms with van der Waals surface area (Å²) in [6.45, 7) is 0. The minimum atomic E-state index is -1.05. The number of benzene rings is 1. The molecular weight excluding hydrogens is 304 g/mol. The van der Waals surface area contributed by atoms with Crippen LogP contribution in [0.4, 0.5) is 5.69 Å². The summed E-state index contributed by atoms with van der Waals surface area (Å²) in [5, 5.41) is 13.7. The number of carboxylic acids is 1. The van der Waals surface area contributed by atoms with Crippen LogP contribution in [0.2, 0.25) is 0 Å². The number of rotatable bonds is 3. The number of amides is 2. The van der Waals surface area contributed by atoms with Gasteiger partial charge in [0.05, 0.1) is 11.3 Å². The predicted molar refractivity (Wildman–Crippen MR) is 81.3 cm³/mol. The highest BCUT2D eigenvalue weighted by Gasteiger charge is 2.34. The molecule has 1 aliphatic heterocycles. The van der Waals surface area contributed by atoms with Crippen molar-refractivity contribution in [1.82, 2.24) is 5.43 Å². The maximum Gasteiger partial charge on any atom is 0.335 e. The van der Waals surface area contributed by atoms with Gasteiger partial charge in [0.15, 0.2) is 0 Å². The molecule has 2 heterocycles. The van der Waals surface area contributed by atoms with Gasteiger partial charge in [0, 0.05) is 0 Å². The molecule has 6 nitrogen and oxygen atoms in total. The van der Waals surface area contributed by atoms with Crippen LogP contribution in [0.5, 0.6) is 0 Å². The van der Waals surface area contributed by atoms with Crippen molar-refractivity contribution in [1.29, 1.82) is 0 Å². The summed E-state index contributed by atoms with van der Waals surface area (Å²) < 4.78 is 0. The number of carboxylic acid groups (broad SMARTS) is 1. The topological polar surface area (TPSA) is 86.7 Å². The number of hydrogen-bond donors (Lipinski definition) is 2. The van der Waals surface area contributed by atoms with Gasteiger partial charge in [0.2, 0.25) is 0 Å². The van der Waals surface area contributed by atoms with Gasteiger partial charge in [0.25, 0.3) is 11.8 Å². The van der Waals surface area contributed by atoms with Crippen molar-refractivity contribution in [2.24, 2.45) is 0 Å². The molecular formula is C15H10N2O4S. The molecule has 2 amide bonds. The molecule has 0 aliphatic carbocycles. The molecule has 0 bridgehead atoms. The molecule has 1 aromatic heterocycles. The summed E-state index contributed by atoms with van der Waals surface area (Å²) in [5.74, 6) is -2.01. The van der Waals surface area contributed by atoms with Gasteiger partial charge in [-0.15, -0.1) is 0 Å². The molecule has 0 spiro atoms. The summed E-state index contributed by atoms with van der Waals surface area (Å²) in [4.78, 5) is 35.1. The van der Waals surface area contributed by atoms with Crippen molar-refractivity contribution in [3.05, 3.63) is 57.8 Å². The van der Waals surface area contributed by atoms with E-state index in [2.05, 4.69) is 5.43 Å². The number of anilines is 1. The monoisotopic (exact) mass is 314 g/mol. The van der Waals surface area contributed by atoms with Gasteiger partial charge in [-0.05, 0) is 52.7 Å². The fourth-order valence-electron chi connectivity index (χ4n) is 2.02. The Bertz CT molecular complexity index is 778. The van der Waals surface area contributed by atoms with Crippen molar-refractivity contribution >= 4 is 40.9 Å². The average Bonchev–Trinajstić information content (AvgIpc) is 3.11. The van der Waals surface area contributed by atoms with E-state index in [4.69, 9.17) is 5.11 Å². The summed E-state index contributed by atoms with van der Waals surface area (Å²) in [7, 11) is 0. The van der Waals surface area contributed by atoms with Crippen LogP contribution in [0.25, 0.3) is 6.08 Å². The van der Waals surface area contributed by atoms with Gasteiger partial charge in [-0.3, -0.25) is 15.0 Å². The van der Waals surface area contributed by atoms with Crippen LogP contribution in [0.15, 0.2) is 46.7 Å². The Labute approximate surface area is 129 Å². The van der Waals surface area contributed by atoms with Gasteiger partial charge >= 0.3 is 5.97 Å². The minimum absolute atomic E-state index is 0.0423. The van der Waals surface area contributed by atoms with E-state index in [0.717, 1.165) is 10.6 Å². The van der Waals surface area contributed by atoms with Gasteiger partial charge in [-0.2, -0.15) is 11.3 Å². The molecule has 0 atom stereocenters. The number of nitrogens with one attached hydrogen (secondary N) is 1. The highest BCUT2D eigenvalue weighted by molar-refractivity contribution is 7.08. The molecule has 3 rings (SSSR count). The van der Waals surface area contributed by atoms with E-state index in [1.165, 1.54) is 41.7 Å². The lowest BCUT2D eigenvalue weighted by atomic mass is 10.1. The molecule has 1 saturated heterocycles. The standard InChI is InChI=1S/C15H10N2O4S/c18-13-12(7-9-5-6-22-8-9)14(19)17(16-13)11-3-1-10(2-4-11)15(20)21/h1-8H,(H,16,18)(H,20,21). The van der Waals surface area contributed by atoms with Crippen molar-refractivity contribution in [3.8, 4) is 0 Å². The largest absolute Gasteiger partial charge is 0.478 e. The Morgan fingerprint density at radius 3 is 2.50 bits per heavy atom. The van der Waals surface area contributed by atoms with E-state index in [1.807, 2.05) is 16.8 Å². The average molecular weight is 314 g/mol. The van der Waals surface area contributed by atoms with Crippen LogP contribution >= 0.6 is 11.3 Å². The number of carbonyl (C=O) groups excluding carboxylic acids is 2. The minimum Gasteiger partial charge on any atom is -0.478 e. The molecule has 0 saturated carbocycles. The van der Waals surface area contributed by atoms with E-state index in [-0.39, 0.29) is 11.1 Å². The number of aromatic carboxylic acids is 1. The predicted octanol–water partition coefficient (Wildman–Crippen LogP) is 1.91. The SMILES string of the molecule is O=C1NN(c2ccc(C(=O)O)cc2)C(=O)C1=Cc1ccsc1.